The van der Waals surface area contributed by atoms with E-state index in [1.165, 1.54) is 6.33 Å². The second kappa shape index (κ2) is 6.48. The van der Waals surface area contributed by atoms with Crippen LogP contribution in [0.2, 0.25) is 5.15 Å². The van der Waals surface area contributed by atoms with Gasteiger partial charge in [-0.15, -0.1) is 0 Å². The van der Waals surface area contributed by atoms with E-state index in [2.05, 4.69) is 26.8 Å². The fraction of sp³-hybridized carbons (Fsp3) is 0.357. The molecular formula is C14H17ClN4. The van der Waals surface area contributed by atoms with Gasteiger partial charge in [-0.25, -0.2) is 9.97 Å². The number of rotatable bonds is 5. The number of nitrogens with zero attached hydrogens (tertiary/aromatic N) is 4. The quantitative estimate of drug-likeness (QED) is 0.788. The van der Waals surface area contributed by atoms with Gasteiger partial charge in [0.1, 0.15) is 17.3 Å². The predicted octanol–water partition coefficient (Wildman–Crippen LogP) is 2.77. The summed E-state index contributed by atoms with van der Waals surface area (Å²) in [7, 11) is 2.01. The van der Waals surface area contributed by atoms with Crippen molar-refractivity contribution in [3.05, 3.63) is 47.1 Å². The van der Waals surface area contributed by atoms with Crippen LogP contribution in [-0.2, 0) is 12.8 Å². The zero-order valence-electron chi connectivity index (χ0n) is 11.2. The molecule has 0 aromatic carbocycles. The van der Waals surface area contributed by atoms with Crippen LogP contribution in [0.3, 0.4) is 0 Å². The van der Waals surface area contributed by atoms with E-state index < -0.39 is 0 Å². The van der Waals surface area contributed by atoms with Crippen molar-refractivity contribution in [3.8, 4) is 0 Å². The van der Waals surface area contributed by atoms with Crippen molar-refractivity contribution in [3.63, 3.8) is 0 Å². The lowest BCUT2D eigenvalue weighted by Crippen LogP contribution is -2.23. The van der Waals surface area contributed by atoms with Gasteiger partial charge in [-0.05, 0) is 18.6 Å². The largest absolute Gasteiger partial charge is 0.359 e. The lowest BCUT2D eigenvalue weighted by atomic mass is 10.2. The monoisotopic (exact) mass is 276 g/mol. The van der Waals surface area contributed by atoms with Crippen molar-refractivity contribution in [1.82, 2.24) is 15.0 Å². The molecule has 4 nitrogen and oxygen atoms in total. The molecule has 5 heteroatoms. The first-order valence-electron chi connectivity index (χ1n) is 6.32. The number of hydrogen-bond acceptors (Lipinski definition) is 4. The molecule has 0 aliphatic carbocycles. The Labute approximate surface area is 118 Å². The first-order chi connectivity index (χ1) is 9.22. The molecule has 0 aliphatic heterocycles. The van der Waals surface area contributed by atoms with Crippen LogP contribution >= 0.6 is 11.6 Å². The average molecular weight is 277 g/mol. The first-order valence-corrected chi connectivity index (χ1v) is 6.70. The van der Waals surface area contributed by atoms with Crippen LogP contribution in [0.4, 0.5) is 5.82 Å². The van der Waals surface area contributed by atoms with Crippen LogP contribution in [0.5, 0.6) is 0 Å². The Hall–Kier alpha value is -1.68. The SMILES string of the molecule is CCc1c(Cl)ncnc1N(C)CCc1ccccn1. The van der Waals surface area contributed by atoms with Gasteiger partial charge >= 0.3 is 0 Å². The number of likely N-dealkylation sites (N-methyl/N-ethyl adjacent to an activating group) is 1. The Morgan fingerprint density at radius 3 is 2.74 bits per heavy atom. The molecule has 0 aliphatic rings. The summed E-state index contributed by atoms with van der Waals surface area (Å²) in [5.41, 5.74) is 2.07. The van der Waals surface area contributed by atoms with E-state index in [4.69, 9.17) is 11.6 Å². The molecule has 0 N–H and O–H groups in total. The Balaban J connectivity index is 2.08. The molecule has 19 heavy (non-hydrogen) atoms. The van der Waals surface area contributed by atoms with E-state index in [0.717, 1.165) is 36.5 Å². The molecule has 0 fully saturated rings. The molecule has 0 unspecified atom stereocenters. The van der Waals surface area contributed by atoms with Gasteiger partial charge in [0.05, 0.1) is 0 Å². The van der Waals surface area contributed by atoms with Gasteiger partial charge < -0.3 is 4.90 Å². The summed E-state index contributed by atoms with van der Waals surface area (Å²) >= 11 is 6.10. The lowest BCUT2D eigenvalue weighted by molar-refractivity contribution is 0.825. The van der Waals surface area contributed by atoms with Gasteiger partial charge in [-0.1, -0.05) is 24.6 Å². The van der Waals surface area contributed by atoms with Crippen molar-refractivity contribution in [2.24, 2.45) is 0 Å². The van der Waals surface area contributed by atoms with Gasteiger partial charge in [0.2, 0.25) is 0 Å². The van der Waals surface area contributed by atoms with Gasteiger partial charge in [0.25, 0.3) is 0 Å². The Bertz CT molecular complexity index is 530. The van der Waals surface area contributed by atoms with Crippen molar-refractivity contribution in [1.29, 1.82) is 0 Å². The van der Waals surface area contributed by atoms with Crippen LogP contribution < -0.4 is 4.90 Å². The van der Waals surface area contributed by atoms with Crippen molar-refractivity contribution in [2.75, 3.05) is 18.5 Å². The van der Waals surface area contributed by atoms with Crippen LogP contribution in [-0.4, -0.2) is 28.5 Å². The topological polar surface area (TPSA) is 41.9 Å². The predicted molar refractivity (Wildman–Crippen MR) is 77.6 cm³/mol. The minimum Gasteiger partial charge on any atom is -0.359 e. The first kappa shape index (κ1) is 13.7. The second-order valence-corrected chi connectivity index (χ2v) is 4.67. The zero-order chi connectivity index (χ0) is 13.7. The highest BCUT2D eigenvalue weighted by molar-refractivity contribution is 6.30. The molecule has 0 atom stereocenters. The van der Waals surface area contributed by atoms with Crippen LogP contribution in [0.15, 0.2) is 30.7 Å². The maximum atomic E-state index is 6.10. The van der Waals surface area contributed by atoms with Crippen molar-refractivity contribution in [2.45, 2.75) is 19.8 Å². The highest BCUT2D eigenvalue weighted by atomic mass is 35.5. The van der Waals surface area contributed by atoms with Gasteiger partial charge in [0.15, 0.2) is 0 Å². The third-order valence-corrected chi connectivity index (χ3v) is 3.34. The molecular weight excluding hydrogens is 260 g/mol. The van der Waals surface area contributed by atoms with Crippen molar-refractivity contribution >= 4 is 17.4 Å². The van der Waals surface area contributed by atoms with E-state index in [1.807, 2.05) is 31.4 Å². The maximum Gasteiger partial charge on any atom is 0.137 e. The minimum absolute atomic E-state index is 0.539. The summed E-state index contributed by atoms with van der Waals surface area (Å²) in [6.45, 7) is 2.90. The molecule has 2 aromatic rings. The summed E-state index contributed by atoms with van der Waals surface area (Å²) in [4.78, 5) is 14.8. The number of aromatic nitrogens is 3. The molecule has 0 saturated carbocycles. The van der Waals surface area contributed by atoms with E-state index in [1.54, 1.807) is 0 Å². The van der Waals surface area contributed by atoms with E-state index in [0.29, 0.717) is 5.15 Å². The third-order valence-electron chi connectivity index (χ3n) is 3.01. The lowest BCUT2D eigenvalue weighted by Gasteiger charge is -2.20. The third kappa shape index (κ3) is 3.41. The highest BCUT2D eigenvalue weighted by Gasteiger charge is 2.12. The normalized spacial score (nSPS) is 10.5. The molecule has 0 spiro atoms. The Kier molecular flexibility index (Phi) is 4.68. The Morgan fingerprint density at radius 1 is 1.21 bits per heavy atom. The summed E-state index contributed by atoms with van der Waals surface area (Å²) < 4.78 is 0. The second-order valence-electron chi connectivity index (χ2n) is 4.31. The zero-order valence-corrected chi connectivity index (χ0v) is 11.9. The fourth-order valence-corrected chi connectivity index (χ4v) is 2.21. The van der Waals surface area contributed by atoms with Crippen molar-refractivity contribution < 1.29 is 0 Å². The van der Waals surface area contributed by atoms with E-state index in [9.17, 15) is 0 Å². The van der Waals surface area contributed by atoms with E-state index >= 15 is 0 Å². The summed E-state index contributed by atoms with van der Waals surface area (Å²) in [5.74, 6) is 0.901. The highest BCUT2D eigenvalue weighted by Crippen LogP contribution is 2.22. The molecule has 2 rings (SSSR count). The molecule has 0 bridgehead atoms. The van der Waals surface area contributed by atoms with Crippen LogP contribution in [0, 0.1) is 0 Å². The molecule has 0 saturated heterocycles. The number of anilines is 1. The van der Waals surface area contributed by atoms with Gasteiger partial charge in [-0.2, -0.15) is 0 Å². The molecule has 0 amide bonds. The minimum atomic E-state index is 0.539. The maximum absolute atomic E-state index is 6.10. The molecule has 100 valence electrons. The number of halogens is 1. The molecule has 2 aromatic heterocycles. The summed E-state index contributed by atoms with van der Waals surface area (Å²) in [5, 5.41) is 0.539. The van der Waals surface area contributed by atoms with Crippen LogP contribution in [0.25, 0.3) is 0 Å². The van der Waals surface area contributed by atoms with E-state index in [-0.39, 0.29) is 0 Å². The number of hydrogen-bond donors (Lipinski definition) is 0. The average Bonchev–Trinajstić information content (AvgIpc) is 2.45. The number of pyridine rings is 1. The van der Waals surface area contributed by atoms with Crippen LogP contribution in [0.1, 0.15) is 18.2 Å². The fourth-order valence-electron chi connectivity index (χ4n) is 1.95. The van der Waals surface area contributed by atoms with Gasteiger partial charge in [0, 0.05) is 37.5 Å². The summed E-state index contributed by atoms with van der Waals surface area (Å²) in [6, 6.07) is 5.95. The standard InChI is InChI=1S/C14H17ClN4/c1-3-12-13(15)17-10-18-14(12)19(2)9-7-11-6-4-5-8-16-11/h4-6,8,10H,3,7,9H2,1-2H3. The molecule has 2 heterocycles. The smallest absolute Gasteiger partial charge is 0.137 e. The van der Waals surface area contributed by atoms with Gasteiger partial charge in [-0.3, -0.25) is 4.98 Å². The molecule has 0 radical (unpaired) electrons. The summed E-state index contributed by atoms with van der Waals surface area (Å²) in [6.07, 6.45) is 5.02. The Morgan fingerprint density at radius 2 is 2.05 bits per heavy atom.